The third-order valence-corrected chi connectivity index (χ3v) is 4.09. The molecule has 0 bridgehead atoms. The summed E-state index contributed by atoms with van der Waals surface area (Å²) in [6.45, 7) is 4.97. The molecule has 1 aliphatic heterocycles. The monoisotopic (exact) mass is 292 g/mol. The number of nitrogens with two attached hydrogens (primary N) is 1. The first-order valence-electron chi connectivity index (χ1n) is 7.51. The van der Waals surface area contributed by atoms with Gasteiger partial charge >= 0.3 is 0 Å². The Morgan fingerprint density at radius 3 is 2.86 bits per heavy atom. The van der Waals surface area contributed by atoms with Crippen LogP contribution in [-0.2, 0) is 9.53 Å². The molecule has 1 fully saturated rings. The van der Waals surface area contributed by atoms with Crippen molar-refractivity contribution >= 4 is 5.91 Å². The molecule has 0 spiro atoms. The first-order chi connectivity index (χ1) is 10.1. The summed E-state index contributed by atoms with van der Waals surface area (Å²) in [4.78, 5) is 14.4. The van der Waals surface area contributed by atoms with Crippen LogP contribution >= 0.6 is 0 Å². The highest BCUT2D eigenvalue weighted by atomic mass is 16.5. The Kier molecular flexibility index (Phi) is 5.20. The van der Waals surface area contributed by atoms with E-state index in [-0.39, 0.29) is 23.8 Å². The van der Waals surface area contributed by atoms with Crippen LogP contribution in [0.5, 0.6) is 5.75 Å². The van der Waals surface area contributed by atoms with Gasteiger partial charge in [-0.05, 0) is 44.4 Å². The van der Waals surface area contributed by atoms with E-state index in [1.165, 1.54) is 0 Å². The number of aromatic hydroxyl groups is 1. The van der Waals surface area contributed by atoms with Crippen molar-refractivity contribution in [3.05, 3.63) is 29.8 Å². The molecule has 3 N–H and O–H groups in total. The lowest BCUT2D eigenvalue weighted by atomic mass is 10.1. The summed E-state index contributed by atoms with van der Waals surface area (Å²) < 4.78 is 5.70. The summed E-state index contributed by atoms with van der Waals surface area (Å²) in [5.74, 6) is 0.215. The van der Waals surface area contributed by atoms with E-state index < -0.39 is 6.10 Å². The van der Waals surface area contributed by atoms with Gasteiger partial charge in [-0.25, -0.2) is 0 Å². The third-order valence-electron chi connectivity index (χ3n) is 4.09. The topological polar surface area (TPSA) is 75.8 Å². The van der Waals surface area contributed by atoms with Gasteiger partial charge in [0.25, 0.3) is 5.91 Å². The van der Waals surface area contributed by atoms with E-state index in [4.69, 9.17) is 10.5 Å². The van der Waals surface area contributed by atoms with Gasteiger partial charge in [-0.15, -0.1) is 0 Å². The second-order valence-corrected chi connectivity index (χ2v) is 5.45. The molecule has 1 amide bonds. The first kappa shape index (κ1) is 15.8. The number of rotatable bonds is 5. The highest BCUT2D eigenvalue weighted by molar-refractivity contribution is 5.81. The standard InChI is InChI=1S/C16H24N2O3/c1-3-18(11(2)12-5-4-6-13(19)9-12)16(20)15-8-7-14(10-17)21-15/h4-6,9,11,14-15,19H,3,7-8,10,17H2,1-2H3. The second-order valence-electron chi connectivity index (χ2n) is 5.45. The van der Waals surface area contributed by atoms with Crippen LogP contribution in [0, 0.1) is 0 Å². The summed E-state index contributed by atoms with van der Waals surface area (Å²) in [5.41, 5.74) is 6.51. The van der Waals surface area contributed by atoms with Gasteiger partial charge in [-0.1, -0.05) is 12.1 Å². The zero-order valence-electron chi connectivity index (χ0n) is 12.7. The van der Waals surface area contributed by atoms with Crippen molar-refractivity contribution in [1.82, 2.24) is 4.90 Å². The number of likely N-dealkylation sites (N-methyl/N-ethyl adjacent to an activating group) is 1. The Labute approximate surface area is 125 Å². The van der Waals surface area contributed by atoms with Gasteiger partial charge in [0.05, 0.1) is 12.1 Å². The minimum absolute atomic E-state index is 0.00397. The molecule has 1 heterocycles. The van der Waals surface area contributed by atoms with Gasteiger partial charge in [-0.2, -0.15) is 0 Å². The lowest BCUT2D eigenvalue weighted by Gasteiger charge is -2.30. The average molecular weight is 292 g/mol. The summed E-state index contributed by atoms with van der Waals surface area (Å²) in [7, 11) is 0. The van der Waals surface area contributed by atoms with Crippen LogP contribution in [0.3, 0.4) is 0 Å². The zero-order chi connectivity index (χ0) is 15.4. The SMILES string of the molecule is CCN(C(=O)C1CCC(CN)O1)C(C)c1cccc(O)c1. The van der Waals surface area contributed by atoms with Crippen LogP contribution < -0.4 is 5.73 Å². The molecule has 1 aromatic carbocycles. The molecule has 1 aliphatic rings. The molecule has 1 aromatic rings. The summed E-state index contributed by atoms with van der Waals surface area (Å²) in [5, 5.41) is 9.59. The number of hydrogen-bond acceptors (Lipinski definition) is 4. The van der Waals surface area contributed by atoms with Crippen molar-refractivity contribution in [3.63, 3.8) is 0 Å². The molecule has 5 heteroatoms. The summed E-state index contributed by atoms with van der Waals surface area (Å²) in [6, 6.07) is 6.92. The van der Waals surface area contributed by atoms with Crippen molar-refractivity contribution in [3.8, 4) is 5.75 Å². The van der Waals surface area contributed by atoms with Gasteiger partial charge < -0.3 is 20.5 Å². The van der Waals surface area contributed by atoms with Crippen LogP contribution in [0.1, 0.15) is 38.3 Å². The molecule has 0 saturated carbocycles. The molecule has 0 aliphatic carbocycles. The van der Waals surface area contributed by atoms with Crippen molar-refractivity contribution in [1.29, 1.82) is 0 Å². The average Bonchev–Trinajstić information content (AvgIpc) is 2.96. The van der Waals surface area contributed by atoms with Crippen molar-refractivity contribution < 1.29 is 14.6 Å². The molecule has 3 unspecified atom stereocenters. The van der Waals surface area contributed by atoms with Crippen LogP contribution in [0.2, 0.25) is 0 Å². The Hall–Kier alpha value is -1.59. The fourth-order valence-corrected chi connectivity index (χ4v) is 2.83. The maximum absolute atomic E-state index is 12.6. The maximum Gasteiger partial charge on any atom is 0.252 e. The lowest BCUT2D eigenvalue weighted by molar-refractivity contribution is -0.144. The van der Waals surface area contributed by atoms with E-state index in [2.05, 4.69) is 0 Å². The largest absolute Gasteiger partial charge is 0.508 e. The number of hydrogen-bond donors (Lipinski definition) is 2. The maximum atomic E-state index is 12.6. The predicted octanol–water partition coefficient (Wildman–Crippen LogP) is 1.81. The predicted molar refractivity (Wildman–Crippen MR) is 80.9 cm³/mol. The molecule has 21 heavy (non-hydrogen) atoms. The van der Waals surface area contributed by atoms with Gasteiger partial charge in [0.1, 0.15) is 11.9 Å². The molecule has 5 nitrogen and oxygen atoms in total. The van der Waals surface area contributed by atoms with E-state index in [9.17, 15) is 9.90 Å². The number of amides is 1. The number of benzene rings is 1. The molecular formula is C16H24N2O3. The summed E-state index contributed by atoms with van der Waals surface area (Å²) in [6.07, 6.45) is 1.17. The molecule has 3 atom stereocenters. The number of phenolic OH excluding ortho intramolecular Hbond substituents is 1. The number of carbonyl (C=O) groups is 1. The van der Waals surface area contributed by atoms with Gasteiger partial charge in [-0.3, -0.25) is 4.79 Å². The van der Waals surface area contributed by atoms with Crippen LogP contribution in [0.25, 0.3) is 0 Å². The van der Waals surface area contributed by atoms with Crippen LogP contribution in [0.4, 0.5) is 0 Å². The number of phenols is 1. The van der Waals surface area contributed by atoms with Crippen molar-refractivity contribution in [2.45, 2.75) is 44.9 Å². The van der Waals surface area contributed by atoms with E-state index in [0.29, 0.717) is 13.1 Å². The fourth-order valence-electron chi connectivity index (χ4n) is 2.83. The minimum atomic E-state index is -0.391. The minimum Gasteiger partial charge on any atom is -0.508 e. The molecule has 2 rings (SSSR count). The smallest absolute Gasteiger partial charge is 0.252 e. The highest BCUT2D eigenvalue weighted by Gasteiger charge is 2.34. The van der Waals surface area contributed by atoms with Gasteiger partial charge in [0.15, 0.2) is 0 Å². The summed E-state index contributed by atoms with van der Waals surface area (Å²) >= 11 is 0. The Morgan fingerprint density at radius 1 is 1.52 bits per heavy atom. The molecular weight excluding hydrogens is 268 g/mol. The van der Waals surface area contributed by atoms with Gasteiger partial charge in [0, 0.05) is 13.1 Å². The number of carbonyl (C=O) groups excluding carboxylic acids is 1. The zero-order valence-corrected chi connectivity index (χ0v) is 12.7. The highest BCUT2D eigenvalue weighted by Crippen LogP contribution is 2.27. The fraction of sp³-hybridized carbons (Fsp3) is 0.562. The lowest BCUT2D eigenvalue weighted by Crippen LogP contribution is -2.41. The Balaban J connectivity index is 2.10. The Bertz CT molecular complexity index is 492. The number of nitrogens with zero attached hydrogens (tertiary/aromatic N) is 1. The normalized spacial score (nSPS) is 23.0. The molecule has 0 aromatic heterocycles. The molecule has 0 radical (unpaired) electrons. The quantitative estimate of drug-likeness (QED) is 0.868. The van der Waals surface area contributed by atoms with E-state index in [1.54, 1.807) is 23.1 Å². The van der Waals surface area contributed by atoms with Gasteiger partial charge in [0.2, 0.25) is 0 Å². The van der Waals surface area contributed by atoms with Crippen molar-refractivity contribution in [2.75, 3.05) is 13.1 Å². The molecule has 1 saturated heterocycles. The van der Waals surface area contributed by atoms with Crippen LogP contribution in [-0.4, -0.2) is 41.2 Å². The third kappa shape index (κ3) is 3.54. The van der Waals surface area contributed by atoms with E-state index >= 15 is 0 Å². The van der Waals surface area contributed by atoms with Crippen molar-refractivity contribution in [2.24, 2.45) is 5.73 Å². The van der Waals surface area contributed by atoms with E-state index in [1.807, 2.05) is 19.9 Å². The molecule has 116 valence electrons. The first-order valence-corrected chi connectivity index (χ1v) is 7.51. The Morgan fingerprint density at radius 2 is 2.29 bits per heavy atom. The van der Waals surface area contributed by atoms with E-state index in [0.717, 1.165) is 18.4 Å². The van der Waals surface area contributed by atoms with Crippen LogP contribution in [0.15, 0.2) is 24.3 Å². The number of ether oxygens (including phenoxy) is 1. The second kappa shape index (κ2) is 6.91.